The van der Waals surface area contributed by atoms with Gasteiger partial charge in [0.05, 0.1) is 5.69 Å². The Hall–Kier alpha value is -5.49. The molecule has 0 atom stereocenters. The number of nitrogens with zero attached hydrogens (tertiary/aromatic N) is 5. The van der Waals surface area contributed by atoms with Gasteiger partial charge in [-0.1, -0.05) is 68.8 Å². The summed E-state index contributed by atoms with van der Waals surface area (Å²) in [7, 11) is 0. The SMILES string of the molecule is CC(C)(C)c1ccnc(-n2c3[c-]c(Oc4[c-]c(N5[CH-]N(c6ccc7c(c6)sc6ccccc67)c6ccncc65)ccc4)ccc3c3ccccc32)c1.[Pt]. The van der Waals surface area contributed by atoms with E-state index >= 15 is 0 Å². The molecule has 8 heteroatoms. The molecule has 0 spiro atoms. The molecule has 9 aromatic rings. The van der Waals surface area contributed by atoms with Crippen molar-refractivity contribution in [3.8, 4) is 17.3 Å². The topological polar surface area (TPSA) is 46.4 Å². The summed E-state index contributed by atoms with van der Waals surface area (Å²) in [6, 6.07) is 47.2. The Morgan fingerprint density at radius 3 is 2.36 bits per heavy atom. The van der Waals surface area contributed by atoms with E-state index in [1.807, 2.05) is 54.2 Å². The van der Waals surface area contributed by atoms with E-state index < -0.39 is 0 Å². The number of thiophene rings is 1. The van der Waals surface area contributed by atoms with E-state index in [0.29, 0.717) is 11.5 Å². The van der Waals surface area contributed by atoms with Crippen molar-refractivity contribution in [3.05, 3.63) is 158 Å². The fourth-order valence-corrected chi connectivity index (χ4v) is 8.34. The van der Waals surface area contributed by atoms with Gasteiger partial charge in [0, 0.05) is 88.2 Å². The third kappa shape index (κ3) is 5.67. The molecule has 1 aliphatic rings. The van der Waals surface area contributed by atoms with Crippen molar-refractivity contribution in [2.75, 3.05) is 9.80 Å². The molecule has 0 N–H and O–H groups in total. The second kappa shape index (κ2) is 12.9. The van der Waals surface area contributed by atoms with Crippen LogP contribution < -0.4 is 14.5 Å². The third-order valence-corrected chi connectivity index (χ3v) is 10.9. The summed E-state index contributed by atoms with van der Waals surface area (Å²) < 4.78 is 11.2. The van der Waals surface area contributed by atoms with Crippen molar-refractivity contribution < 1.29 is 25.8 Å². The van der Waals surface area contributed by atoms with E-state index in [0.717, 1.165) is 50.4 Å². The minimum absolute atomic E-state index is 0. The molecule has 1 aliphatic heterocycles. The predicted molar refractivity (Wildman–Crippen MR) is 214 cm³/mol. The van der Waals surface area contributed by atoms with Gasteiger partial charge in [0.15, 0.2) is 0 Å². The fraction of sp³-hybridized carbons (Fsp3) is 0.0889. The van der Waals surface area contributed by atoms with Crippen molar-refractivity contribution in [3.63, 3.8) is 0 Å². The molecule has 6 nitrogen and oxygen atoms in total. The Balaban J connectivity index is 0.00000372. The van der Waals surface area contributed by atoms with Gasteiger partial charge in [0.1, 0.15) is 5.82 Å². The van der Waals surface area contributed by atoms with Crippen molar-refractivity contribution in [1.29, 1.82) is 0 Å². The van der Waals surface area contributed by atoms with E-state index in [4.69, 9.17) is 9.72 Å². The number of para-hydroxylation sites is 1. The molecule has 0 bridgehead atoms. The molecule has 53 heavy (non-hydrogen) atoms. The van der Waals surface area contributed by atoms with Gasteiger partial charge in [0.2, 0.25) is 0 Å². The van der Waals surface area contributed by atoms with E-state index in [2.05, 4.69) is 150 Å². The smallest absolute Gasteiger partial charge is 0.135 e. The van der Waals surface area contributed by atoms with Crippen LogP contribution in [0.1, 0.15) is 26.3 Å². The number of benzene rings is 5. The largest absolute Gasteiger partial charge is 0.509 e. The summed E-state index contributed by atoms with van der Waals surface area (Å²) >= 11 is 1.82. The van der Waals surface area contributed by atoms with Crippen molar-refractivity contribution in [1.82, 2.24) is 14.5 Å². The molecular formula is C45H32N5OPtS-3. The normalized spacial score (nSPS) is 12.9. The average Bonchev–Trinajstić information content (AvgIpc) is 3.84. The first-order valence-corrected chi connectivity index (χ1v) is 18.1. The summed E-state index contributed by atoms with van der Waals surface area (Å²) in [5.41, 5.74) is 7.14. The van der Waals surface area contributed by atoms with Gasteiger partial charge in [-0.05, 0) is 58.8 Å². The number of hydrogen-bond acceptors (Lipinski definition) is 6. The summed E-state index contributed by atoms with van der Waals surface area (Å²) in [6.07, 6.45) is 5.63. The van der Waals surface area contributed by atoms with E-state index in [-0.39, 0.29) is 26.5 Å². The maximum atomic E-state index is 6.51. The number of fused-ring (bicyclic) bond motifs is 7. The van der Waals surface area contributed by atoms with Crippen LogP contribution in [0.4, 0.5) is 22.7 Å². The molecule has 0 unspecified atom stereocenters. The number of anilines is 4. The van der Waals surface area contributed by atoms with Crippen LogP contribution in [0.25, 0.3) is 47.8 Å². The summed E-state index contributed by atoms with van der Waals surface area (Å²) in [5.74, 6) is 2.05. The summed E-state index contributed by atoms with van der Waals surface area (Å²) in [6.45, 7) is 8.77. The van der Waals surface area contributed by atoms with Crippen LogP contribution in [0.15, 0.2) is 134 Å². The minimum Gasteiger partial charge on any atom is -0.509 e. The molecule has 5 aromatic carbocycles. The Labute approximate surface area is 326 Å². The van der Waals surface area contributed by atoms with Gasteiger partial charge in [-0.2, -0.15) is 12.1 Å². The van der Waals surface area contributed by atoms with Crippen LogP contribution in [0.2, 0.25) is 0 Å². The number of hydrogen-bond donors (Lipinski definition) is 0. The van der Waals surface area contributed by atoms with Gasteiger partial charge in [-0.3, -0.25) is 4.98 Å². The van der Waals surface area contributed by atoms with Crippen LogP contribution in [0.5, 0.6) is 11.5 Å². The van der Waals surface area contributed by atoms with Crippen LogP contribution >= 0.6 is 11.3 Å². The van der Waals surface area contributed by atoms with Gasteiger partial charge < -0.3 is 19.1 Å². The van der Waals surface area contributed by atoms with Gasteiger partial charge in [0.25, 0.3) is 0 Å². The first kappa shape index (κ1) is 33.4. The monoisotopic (exact) mass is 885 g/mol. The standard InChI is InChI=1S/C45H32N5OS.Pt/c1-45(2,3)29-19-22-47-44(23-29)50-38-13-6-4-11-34(38)35-18-16-33(26-40(35)50)51-32-10-8-9-30(24-32)49-28-48(39-20-21-46-27-41(39)49)31-15-17-37-36-12-5-7-14-42(36)52-43(37)25-31;/h4-23,25,27-28H,1-3H3;/q-3;. The van der Waals surface area contributed by atoms with Crippen LogP contribution in [-0.4, -0.2) is 14.5 Å². The molecule has 4 aromatic heterocycles. The van der Waals surface area contributed by atoms with Crippen molar-refractivity contribution >= 4 is 76.1 Å². The molecule has 0 saturated heterocycles. The minimum atomic E-state index is -0.0115. The van der Waals surface area contributed by atoms with Crippen LogP contribution in [-0.2, 0) is 26.5 Å². The van der Waals surface area contributed by atoms with Gasteiger partial charge in [-0.15, -0.1) is 59.4 Å². The maximum absolute atomic E-state index is 6.51. The Kier molecular flexibility index (Phi) is 8.10. The summed E-state index contributed by atoms with van der Waals surface area (Å²) in [4.78, 5) is 13.6. The first-order chi connectivity index (χ1) is 25.4. The molecule has 0 radical (unpaired) electrons. The first-order valence-electron chi connectivity index (χ1n) is 17.3. The molecular weight excluding hydrogens is 854 g/mol. The van der Waals surface area contributed by atoms with Gasteiger partial charge >= 0.3 is 0 Å². The molecule has 0 saturated carbocycles. The fourth-order valence-electron chi connectivity index (χ4n) is 7.20. The second-order valence-corrected chi connectivity index (χ2v) is 15.2. The Bertz CT molecular complexity index is 2840. The van der Waals surface area contributed by atoms with E-state index in [1.54, 1.807) is 0 Å². The maximum Gasteiger partial charge on any atom is 0.135 e. The number of rotatable bonds is 5. The number of ether oxygens (including phenoxy) is 1. The Morgan fingerprint density at radius 2 is 1.47 bits per heavy atom. The molecule has 10 rings (SSSR count). The average molecular weight is 886 g/mol. The second-order valence-electron chi connectivity index (χ2n) is 14.1. The van der Waals surface area contributed by atoms with Crippen molar-refractivity contribution in [2.24, 2.45) is 0 Å². The molecule has 0 aliphatic carbocycles. The molecule has 0 amide bonds. The van der Waals surface area contributed by atoms with E-state index in [1.165, 1.54) is 25.7 Å². The quantitative estimate of drug-likeness (QED) is 0.161. The predicted octanol–water partition coefficient (Wildman–Crippen LogP) is 12.0. The molecule has 262 valence electrons. The Morgan fingerprint density at radius 1 is 0.679 bits per heavy atom. The van der Waals surface area contributed by atoms with Crippen LogP contribution in [0, 0.1) is 18.8 Å². The van der Waals surface area contributed by atoms with Crippen LogP contribution in [0.3, 0.4) is 0 Å². The van der Waals surface area contributed by atoms with Crippen molar-refractivity contribution in [2.45, 2.75) is 26.2 Å². The zero-order valence-electron chi connectivity index (χ0n) is 29.1. The zero-order chi connectivity index (χ0) is 35.0. The van der Waals surface area contributed by atoms with E-state index in [9.17, 15) is 0 Å². The zero-order valence-corrected chi connectivity index (χ0v) is 32.2. The summed E-state index contributed by atoms with van der Waals surface area (Å²) in [5, 5.41) is 4.80. The third-order valence-electron chi connectivity index (χ3n) is 9.80. The number of pyridine rings is 2. The van der Waals surface area contributed by atoms with Gasteiger partial charge in [-0.25, -0.2) is 4.98 Å². The molecule has 0 fully saturated rings. The molecule has 5 heterocycles. The number of aromatic nitrogens is 3.